The predicted octanol–water partition coefficient (Wildman–Crippen LogP) is 2.80. The van der Waals surface area contributed by atoms with Crippen molar-refractivity contribution in [3.8, 4) is 0 Å². The average molecular weight is 213 g/mol. The first-order valence-electron chi connectivity index (χ1n) is 5.23. The SMILES string of the molecule is c1ccc([C@@H]2COC(c3ccco3)=N2)cc1. The molecule has 3 heteroatoms. The summed E-state index contributed by atoms with van der Waals surface area (Å²) in [4.78, 5) is 4.50. The maximum atomic E-state index is 5.52. The Morgan fingerprint density at radius 1 is 1.06 bits per heavy atom. The fourth-order valence-corrected chi connectivity index (χ4v) is 1.75. The number of hydrogen-bond acceptors (Lipinski definition) is 3. The van der Waals surface area contributed by atoms with Gasteiger partial charge in [-0.25, -0.2) is 4.99 Å². The third-order valence-electron chi connectivity index (χ3n) is 2.57. The summed E-state index contributed by atoms with van der Waals surface area (Å²) in [6.07, 6.45) is 1.62. The summed E-state index contributed by atoms with van der Waals surface area (Å²) >= 11 is 0. The summed E-state index contributed by atoms with van der Waals surface area (Å²) in [5.41, 5.74) is 1.17. The van der Waals surface area contributed by atoms with Gasteiger partial charge in [0.15, 0.2) is 5.76 Å². The zero-order chi connectivity index (χ0) is 10.8. The Hall–Kier alpha value is -2.03. The zero-order valence-corrected chi connectivity index (χ0v) is 8.67. The van der Waals surface area contributed by atoms with E-state index in [1.807, 2.05) is 30.3 Å². The normalized spacial score (nSPS) is 19.2. The van der Waals surface area contributed by atoms with E-state index in [1.54, 1.807) is 6.26 Å². The fraction of sp³-hybridized carbons (Fsp3) is 0.154. The highest BCUT2D eigenvalue weighted by atomic mass is 16.5. The smallest absolute Gasteiger partial charge is 0.253 e. The average Bonchev–Trinajstić information content (AvgIpc) is 3.01. The highest BCUT2D eigenvalue weighted by Gasteiger charge is 2.22. The van der Waals surface area contributed by atoms with E-state index in [4.69, 9.17) is 9.15 Å². The molecule has 0 unspecified atom stereocenters. The van der Waals surface area contributed by atoms with Gasteiger partial charge in [0, 0.05) is 0 Å². The van der Waals surface area contributed by atoms with Crippen LogP contribution in [-0.2, 0) is 4.74 Å². The number of benzene rings is 1. The van der Waals surface area contributed by atoms with Gasteiger partial charge in [0.1, 0.15) is 12.6 Å². The van der Waals surface area contributed by atoms with Gasteiger partial charge in [-0.2, -0.15) is 0 Å². The molecule has 0 saturated heterocycles. The van der Waals surface area contributed by atoms with Crippen LogP contribution < -0.4 is 0 Å². The Bertz CT molecular complexity index is 488. The van der Waals surface area contributed by atoms with Crippen molar-refractivity contribution in [2.75, 3.05) is 6.61 Å². The monoisotopic (exact) mass is 213 g/mol. The zero-order valence-electron chi connectivity index (χ0n) is 8.67. The molecule has 1 aromatic carbocycles. The maximum Gasteiger partial charge on any atom is 0.253 e. The third-order valence-corrected chi connectivity index (χ3v) is 2.57. The summed E-state index contributed by atoms with van der Waals surface area (Å²) in [5.74, 6) is 1.29. The minimum atomic E-state index is 0.0845. The summed E-state index contributed by atoms with van der Waals surface area (Å²) in [7, 11) is 0. The molecular formula is C13H11NO2. The molecular weight excluding hydrogens is 202 g/mol. The lowest BCUT2D eigenvalue weighted by molar-refractivity contribution is 0.313. The van der Waals surface area contributed by atoms with E-state index in [9.17, 15) is 0 Å². The summed E-state index contributed by atoms with van der Waals surface area (Å²) in [6.45, 7) is 0.583. The van der Waals surface area contributed by atoms with Crippen LogP contribution in [0.1, 0.15) is 17.4 Å². The molecule has 2 aromatic rings. The molecule has 0 spiro atoms. The van der Waals surface area contributed by atoms with Crippen molar-refractivity contribution in [1.29, 1.82) is 0 Å². The Labute approximate surface area is 93.4 Å². The standard InChI is InChI=1S/C13H11NO2/c1-2-5-10(6-3-1)11-9-16-13(14-11)12-7-4-8-15-12/h1-8,11H,9H2/t11-/m0/s1. The fourth-order valence-electron chi connectivity index (χ4n) is 1.75. The van der Waals surface area contributed by atoms with Crippen molar-refractivity contribution < 1.29 is 9.15 Å². The highest BCUT2D eigenvalue weighted by Crippen LogP contribution is 2.24. The second-order valence-electron chi connectivity index (χ2n) is 3.65. The van der Waals surface area contributed by atoms with Gasteiger partial charge >= 0.3 is 0 Å². The van der Waals surface area contributed by atoms with E-state index in [0.29, 0.717) is 18.3 Å². The van der Waals surface area contributed by atoms with Crippen molar-refractivity contribution in [1.82, 2.24) is 0 Å². The first kappa shape index (κ1) is 9.21. The molecule has 2 heterocycles. The van der Waals surface area contributed by atoms with E-state index < -0.39 is 0 Å². The molecule has 0 bridgehead atoms. The molecule has 16 heavy (non-hydrogen) atoms. The maximum absolute atomic E-state index is 5.52. The minimum Gasteiger partial charge on any atom is -0.473 e. The molecule has 0 amide bonds. The molecule has 1 aliphatic rings. The van der Waals surface area contributed by atoms with Crippen molar-refractivity contribution in [3.63, 3.8) is 0 Å². The second-order valence-corrected chi connectivity index (χ2v) is 3.65. The van der Waals surface area contributed by atoms with E-state index in [0.717, 1.165) is 0 Å². The lowest BCUT2D eigenvalue weighted by Crippen LogP contribution is -1.99. The molecule has 80 valence electrons. The predicted molar refractivity (Wildman–Crippen MR) is 60.4 cm³/mol. The van der Waals surface area contributed by atoms with Gasteiger partial charge in [-0.3, -0.25) is 0 Å². The van der Waals surface area contributed by atoms with Gasteiger partial charge in [0.25, 0.3) is 5.90 Å². The summed E-state index contributed by atoms with van der Waals surface area (Å²) in [6, 6.07) is 13.9. The molecule has 1 atom stereocenters. The quantitative estimate of drug-likeness (QED) is 0.768. The Kier molecular flexibility index (Phi) is 2.22. The van der Waals surface area contributed by atoms with Crippen LogP contribution in [0.15, 0.2) is 58.1 Å². The lowest BCUT2D eigenvalue weighted by Gasteiger charge is -2.03. The molecule has 0 saturated carbocycles. The van der Waals surface area contributed by atoms with Crippen LogP contribution in [0.5, 0.6) is 0 Å². The highest BCUT2D eigenvalue weighted by molar-refractivity contribution is 5.92. The van der Waals surface area contributed by atoms with E-state index >= 15 is 0 Å². The molecule has 3 nitrogen and oxygen atoms in total. The van der Waals surface area contributed by atoms with Crippen molar-refractivity contribution in [2.24, 2.45) is 4.99 Å². The van der Waals surface area contributed by atoms with E-state index in [-0.39, 0.29) is 6.04 Å². The number of aliphatic imine (C=N–C) groups is 1. The van der Waals surface area contributed by atoms with Crippen molar-refractivity contribution in [2.45, 2.75) is 6.04 Å². The third kappa shape index (κ3) is 1.60. The topological polar surface area (TPSA) is 34.7 Å². The Balaban J connectivity index is 1.87. The number of nitrogens with zero attached hydrogens (tertiary/aromatic N) is 1. The second kappa shape index (κ2) is 3.85. The van der Waals surface area contributed by atoms with Crippen LogP contribution >= 0.6 is 0 Å². The van der Waals surface area contributed by atoms with Crippen LogP contribution in [0.25, 0.3) is 0 Å². The Morgan fingerprint density at radius 3 is 2.69 bits per heavy atom. The van der Waals surface area contributed by atoms with E-state index in [1.165, 1.54) is 5.56 Å². The lowest BCUT2D eigenvalue weighted by atomic mass is 10.1. The van der Waals surface area contributed by atoms with Gasteiger partial charge in [-0.15, -0.1) is 0 Å². The number of furan rings is 1. The number of rotatable bonds is 2. The largest absolute Gasteiger partial charge is 0.473 e. The van der Waals surface area contributed by atoms with Gasteiger partial charge in [-0.1, -0.05) is 30.3 Å². The Morgan fingerprint density at radius 2 is 1.94 bits per heavy atom. The molecule has 0 N–H and O–H groups in total. The van der Waals surface area contributed by atoms with Crippen molar-refractivity contribution >= 4 is 5.90 Å². The van der Waals surface area contributed by atoms with Gasteiger partial charge in [0.05, 0.1) is 6.26 Å². The van der Waals surface area contributed by atoms with Crippen LogP contribution in [0.2, 0.25) is 0 Å². The molecule has 0 aliphatic carbocycles. The van der Waals surface area contributed by atoms with Gasteiger partial charge < -0.3 is 9.15 Å². The number of hydrogen-bond donors (Lipinski definition) is 0. The molecule has 1 aromatic heterocycles. The van der Waals surface area contributed by atoms with Gasteiger partial charge in [0.2, 0.25) is 0 Å². The summed E-state index contributed by atoms with van der Waals surface area (Å²) < 4.78 is 10.8. The van der Waals surface area contributed by atoms with Crippen LogP contribution in [0.3, 0.4) is 0 Å². The van der Waals surface area contributed by atoms with Crippen molar-refractivity contribution in [3.05, 3.63) is 60.1 Å². The number of ether oxygens (including phenoxy) is 1. The minimum absolute atomic E-state index is 0.0845. The van der Waals surface area contributed by atoms with Crippen LogP contribution in [0, 0.1) is 0 Å². The molecule has 3 rings (SSSR count). The molecule has 0 fully saturated rings. The first-order valence-corrected chi connectivity index (χ1v) is 5.23. The van der Waals surface area contributed by atoms with Gasteiger partial charge in [-0.05, 0) is 17.7 Å². The van der Waals surface area contributed by atoms with Crippen LogP contribution in [-0.4, -0.2) is 12.5 Å². The van der Waals surface area contributed by atoms with Crippen LogP contribution in [0.4, 0.5) is 0 Å². The summed E-state index contributed by atoms with van der Waals surface area (Å²) in [5, 5.41) is 0. The van der Waals surface area contributed by atoms with E-state index in [2.05, 4.69) is 17.1 Å². The molecule has 0 radical (unpaired) electrons. The molecule has 1 aliphatic heterocycles. The first-order chi connectivity index (χ1) is 7.93.